The van der Waals surface area contributed by atoms with E-state index in [1.54, 1.807) is 24.3 Å². The van der Waals surface area contributed by atoms with Crippen molar-refractivity contribution in [1.82, 2.24) is 4.90 Å². The van der Waals surface area contributed by atoms with E-state index in [1.807, 2.05) is 6.92 Å². The molecular formula is C18H13NO4. The average molecular weight is 307 g/mol. The average Bonchev–Trinajstić information content (AvgIpc) is 2.54. The Morgan fingerprint density at radius 1 is 0.870 bits per heavy atom. The molecule has 1 aliphatic heterocycles. The van der Waals surface area contributed by atoms with Gasteiger partial charge in [0.25, 0.3) is 11.8 Å². The normalized spacial score (nSPS) is 16.1. The molecule has 2 amide bonds. The van der Waals surface area contributed by atoms with Crippen LogP contribution in [-0.2, 0) is 0 Å². The van der Waals surface area contributed by atoms with Gasteiger partial charge in [0.2, 0.25) is 0 Å². The Morgan fingerprint density at radius 3 is 2.00 bits per heavy atom. The van der Waals surface area contributed by atoms with Gasteiger partial charge in [0.1, 0.15) is 5.76 Å². The maximum absolute atomic E-state index is 12.6. The molecule has 2 aromatic carbocycles. The number of carbonyl (C=O) groups excluding carboxylic acids is 3. The fourth-order valence-electron chi connectivity index (χ4n) is 3.36. The Morgan fingerprint density at radius 2 is 1.39 bits per heavy atom. The summed E-state index contributed by atoms with van der Waals surface area (Å²) in [4.78, 5) is 38.6. The molecule has 4 rings (SSSR count). The molecule has 5 heteroatoms. The van der Waals surface area contributed by atoms with Crippen molar-refractivity contribution < 1.29 is 19.5 Å². The molecule has 0 aromatic heterocycles. The van der Waals surface area contributed by atoms with Gasteiger partial charge in [0.15, 0.2) is 5.78 Å². The third-order valence-corrected chi connectivity index (χ3v) is 4.37. The molecule has 0 atom stereocenters. The van der Waals surface area contributed by atoms with Crippen LogP contribution in [0.1, 0.15) is 50.0 Å². The topological polar surface area (TPSA) is 74.7 Å². The zero-order valence-electron chi connectivity index (χ0n) is 12.4. The van der Waals surface area contributed by atoms with Crippen LogP contribution in [0.5, 0.6) is 0 Å². The van der Waals surface area contributed by atoms with E-state index in [0.29, 0.717) is 46.0 Å². The molecule has 0 saturated carbocycles. The first-order valence-electron chi connectivity index (χ1n) is 7.46. The number of benzene rings is 2. The number of hydrogen-bond acceptors (Lipinski definition) is 4. The number of aliphatic hydroxyl groups is 1. The van der Waals surface area contributed by atoms with E-state index in [2.05, 4.69) is 0 Å². The van der Waals surface area contributed by atoms with Gasteiger partial charge in [0.05, 0.1) is 0 Å². The highest BCUT2D eigenvalue weighted by atomic mass is 16.3. The highest BCUT2D eigenvalue weighted by Crippen LogP contribution is 2.38. The Balaban J connectivity index is 2.12. The van der Waals surface area contributed by atoms with Crippen molar-refractivity contribution in [1.29, 1.82) is 0 Å². The lowest BCUT2D eigenvalue weighted by Gasteiger charge is -2.28. The number of imide groups is 1. The minimum atomic E-state index is -0.352. The number of aliphatic hydroxyl groups excluding tert-OH is 1. The van der Waals surface area contributed by atoms with E-state index in [9.17, 15) is 19.5 Å². The molecule has 1 heterocycles. The highest BCUT2D eigenvalue weighted by molar-refractivity contribution is 6.31. The first-order valence-corrected chi connectivity index (χ1v) is 7.46. The van der Waals surface area contributed by atoms with Crippen molar-refractivity contribution >= 4 is 34.1 Å². The van der Waals surface area contributed by atoms with Crippen LogP contribution in [0.25, 0.3) is 16.5 Å². The number of carbonyl (C=O) groups is 3. The molecular weight excluding hydrogens is 294 g/mol. The zero-order valence-corrected chi connectivity index (χ0v) is 12.4. The van der Waals surface area contributed by atoms with Gasteiger partial charge in [-0.1, -0.05) is 6.92 Å². The van der Waals surface area contributed by atoms with Gasteiger partial charge in [-0.3, -0.25) is 19.3 Å². The Bertz CT molecular complexity index is 933. The Hall–Kier alpha value is -2.95. The smallest absolute Gasteiger partial charge is 0.261 e. The van der Waals surface area contributed by atoms with Gasteiger partial charge < -0.3 is 5.11 Å². The minimum Gasteiger partial charge on any atom is -0.507 e. The number of ketones is 1. The first-order chi connectivity index (χ1) is 11.0. The lowest BCUT2D eigenvalue weighted by molar-refractivity contribution is 0.0610. The van der Waals surface area contributed by atoms with Crippen LogP contribution in [0.4, 0.5) is 0 Å². The maximum Gasteiger partial charge on any atom is 0.261 e. The number of nitrogens with zero attached hydrogens (tertiary/aromatic N) is 1. The van der Waals surface area contributed by atoms with Gasteiger partial charge in [-0.2, -0.15) is 0 Å². The Kier molecular flexibility index (Phi) is 2.69. The molecule has 0 fully saturated rings. The van der Waals surface area contributed by atoms with Crippen molar-refractivity contribution in [3.63, 3.8) is 0 Å². The number of rotatable bonds is 2. The molecule has 0 unspecified atom stereocenters. The van der Waals surface area contributed by atoms with E-state index < -0.39 is 0 Å². The summed E-state index contributed by atoms with van der Waals surface area (Å²) in [7, 11) is 0. The van der Waals surface area contributed by atoms with E-state index in [4.69, 9.17) is 0 Å². The van der Waals surface area contributed by atoms with Crippen molar-refractivity contribution in [2.24, 2.45) is 0 Å². The molecule has 2 aromatic rings. The molecule has 2 aliphatic rings. The van der Waals surface area contributed by atoms with Crippen LogP contribution in [0.2, 0.25) is 0 Å². The van der Waals surface area contributed by atoms with Gasteiger partial charge in [0, 0.05) is 45.6 Å². The third kappa shape index (κ3) is 1.64. The van der Waals surface area contributed by atoms with Crippen LogP contribution in [0, 0.1) is 0 Å². The SMILES string of the molecule is CCCN1C(=O)c2ccc3c4c(ccc(c24)C1=O)C(O)=CC3=O. The second-order valence-electron chi connectivity index (χ2n) is 5.73. The summed E-state index contributed by atoms with van der Waals surface area (Å²) in [6, 6.07) is 6.42. The fourth-order valence-corrected chi connectivity index (χ4v) is 3.36. The number of amides is 2. The molecule has 114 valence electrons. The zero-order chi connectivity index (χ0) is 16.3. The lowest BCUT2D eigenvalue weighted by Crippen LogP contribution is -2.40. The minimum absolute atomic E-state index is 0.137. The number of hydrogen-bond donors (Lipinski definition) is 1. The highest BCUT2D eigenvalue weighted by Gasteiger charge is 2.35. The summed E-state index contributed by atoms with van der Waals surface area (Å²) in [6.07, 6.45) is 1.84. The Labute approximate surface area is 131 Å². The van der Waals surface area contributed by atoms with Crippen molar-refractivity contribution in [3.8, 4) is 0 Å². The van der Waals surface area contributed by atoms with Gasteiger partial charge in [-0.05, 0) is 30.7 Å². The van der Waals surface area contributed by atoms with Crippen LogP contribution >= 0.6 is 0 Å². The molecule has 0 spiro atoms. The first kappa shape index (κ1) is 13.7. The molecule has 0 radical (unpaired) electrons. The second kappa shape index (κ2) is 4.52. The molecule has 23 heavy (non-hydrogen) atoms. The quantitative estimate of drug-likeness (QED) is 0.866. The van der Waals surface area contributed by atoms with E-state index in [-0.39, 0.29) is 23.4 Å². The molecule has 1 N–H and O–H groups in total. The van der Waals surface area contributed by atoms with Gasteiger partial charge in [-0.25, -0.2) is 0 Å². The van der Waals surface area contributed by atoms with Gasteiger partial charge >= 0.3 is 0 Å². The second-order valence-corrected chi connectivity index (χ2v) is 5.73. The molecule has 0 bridgehead atoms. The van der Waals surface area contributed by atoms with Crippen LogP contribution in [0.3, 0.4) is 0 Å². The summed E-state index contributed by atoms with van der Waals surface area (Å²) >= 11 is 0. The standard InChI is InChI=1S/C18H13NO4/c1-2-7-19-17(22)11-5-3-9-13(20)8-14(21)10-4-6-12(18(19)23)16(11)15(9)10/h3-6,8,20H,2,7H2,1H3. The fraction of sp³-hybridized carbons (Fsp3) is 0.167. The summed E-state index contributed by atoms with van der Waals surface area (Å²) < 4.78 is 0. The summed E-state index contributed by atoms with van der Waals surface area (Å²) in [5.41, 5.74) is 1.68. The van der Waals surface area contributed by atoms with E-state index in [0.717, 1.165) is 6.08 Å². The lowest BCUT2D eigenvalue weighted by atomic mass is 9.84. The molecule has 1 aliphatic carbocycles. The van der Waals surface area contributed by atoms with Crippen LogP contribution in [-0.4, -0.2) is 34.1 Å². The van der Waals surface area contributed by atoms with E-state index >= 15 is 0 Å². The van der Waals surface area contributed by atoms with Crippen molar-refractivity contribution in [2.75, 3.05) is 6.54 Å². The van der Waals surface area contributed by atoms with Crippen LogP contribution in [0.15, 0.2) is 30.3 Å². The molecule has 0 saturated heterocycles. The predicted molar refractivity (Wildman–Crippen MR) is 84.5 cm³/mol. The predicted octanol–water partition coefficient (Wildman–Crippen LogP) is 2.94. The largest absolute Gasteiger partial charge is 0.507 e. The summed E-state index contributed by atoms with van der Waals surface area (Å²) in [5, 5.41) is 11.0. The summed E-state index contributed by atoms with van der Waals surface area (Å²) in [5.74, 6) is -1.17. The maximum atomic E-state index is 12.6. The number of allylic oxidation sites excluding steroid dienone is 1. The van der Waals surface area contributed by atoms with Crippen LogP contribution < -0.4 is 0 Å². The van der Waals surface area contributed by atoms with Crippen molar-refractivity contribution in [2.45, 2.75) is 13.3 Å². The van der Waals surface area contributed by atoms with Crippen molar-refractivity contribution in [3.05, 3.63) is 52.6 Å². The van der Waals surface area contributed by atoms with E-state index in [1.165, 1.54) is 4.90 Å². The third-order valence-electron chi connectivity index (χ3n) is 4.37. The van der Waals surface area contributed by atoms with Gasteiger partial charge in [-0.15, -0.1) is 0 Å². The monoisotopic (exact) mass is 307 g/mol. The summed E-state index contributed by atoms with van der Waals surface area (Å²) in [6.45, 7) is 2.25. The molecule has 5 nitrogen and oxygen atoms in total.